The number of morpholine rings is 1. The lowest BCUT2D eigenvalue weighted by molar-refractivity contribution is -0.125. The minimum absolute atomic E-state index is 0.0456. The van der Waals surface area contributed by atoms with Crippen LogP contribution in [0.2, 0.25) is 0 Å². The van der Waals surface area contributed by atoms with E-state index >= 15 is 0 Å². The molecule has 35 heavy (non-hydrogen) atoms. The van der Waals surface area contributed by atoms with Crippen LogP contribution in [0.25, 0.3) is 0 Å². The third-order valence-electron chi connectivity index (χ3n) is 6.67. The minimum Gasteiger partial charge on any atom is -0.378 e. The van der Waals surface area contributed by atoms with Crippen LogP contribution >= 0.6 is 0 Å². The third-order valence-corrected chi connectivity index (χ3v) is 6.67. The minimum atomic E-state index is 0.0456. The Morgan fingerprint density at radius 1 is 0.857 bits per heavy atom. The number of ether oxygens (including phenoxy) is 1. The fourth-order valence-electron chi connectivity index (χ4n) is 4.59. The zero-order valence-corrected chi connectivity index (χ0v) is 19.9. The lowest BCUT2D eigenvalue weighted by atomic mass is 9.96. The summed E-state index contributed by atoms with van der Waals surface area (Å²) in [5.41, 5.74) is 3.30. The molecule has 0 bridgehead atoms. The molecule has 2 saturated heterocycles. The standard InChI is InChI=1S/C27H32N6O2/c34-27(28-20-21-4-2-1-3-5-21)22-12-14-33(15-13-22)26-11-10-25(30-31-26)29-23-6-8-24(9-7-23)32-16-18-35-19-17-32/h1-11,22H,12-20H2,(H,28,34)(H,29,30). The van der Waals surface area contributed by atoms with Gasteiger partial charge in [-0.25, -0.2) is 0 Å². The molecule has 2 fully saturated rings. The Morgan fingerprint density at radius 3 is 2.29 bits per heavy atom. The number of hydrogen-bond acceptors (Lipinski definition) is 7. The number of carbonyl (C=O) groups excluding carboxylic acids is 1. The normalized spacial score (nSPS) is 16.7. The highest BCUT2D eigenvalue weighted by Crippen LogP contribution is 2.24. The number of benzene rings is 2. The third kappa shape index (κ3) is 6.08. The Hall–Kier alpha value is -3.65. The van der Waals surface area contributed by atoms with Crippen molar-refractivity contribution in [1.29, 1.82) is 0 Å². The van der Waals surface area contributed by atoms with E-state index in [0.29, 0.717) is 12.4 Å². The molecule has 0 saturated carbocycles. The first-order valence-electron chi connectivity index (χ1n) is 12.3. The molecule has 0 aliphatic carbocycles. The first-order chi connectivity index (χ1) is 17.2. The van der Waals surface area contributed by atoms with E-state index in [1.165, 1.54) is 5.69 Å². The molecule has 2 aliphatic heterocycles. The summed E-state index contributed by atoms with van der Waals surface area (Å²) in [6.45, 7) is 5.59. The Morgan fingerprint density at radius 2 is 1.60 bits per heavy atom. The molecule has 2 aliphatic rings. The SMILES string of the molecule is O=C(NCc1ccccc1)C1CCN(c2ccc(Nc3ccc(N4CCOCC4)cc3)nn2)CC1. The molecule has 0 unspecified atom stereocenters. The molecule has 1 aromatic heterocycles. The molecule has 5 rings (SSSR count). The van der Waals surface area contributed by atoms with Crippen molar-refractivity contribution in [3.63, 3.8) is 0 Å². The van der Waals surface area contributed by atoms with Crippen LogP contribution in [-0.2, 0) is 16.1 Å². The van der Waals surface area contributed by atoms with Gasteiger partial charge >= 0.3 is 0 Å². The second kappa shape index (κ2) is 11.2. The number of rotatable bonds is 7. The maximum absolute atomic E-state index is 12.6. The van der Waals surface area contributed by atoms with E-state index in [9.17, 15) is 4.79 Å². The first kappa shape index (κ1) is 23.1. The van der Waals surface area contributed by atoms with Gasteiger partial charge in [0.05, 0.1) is 13.2 Å². The average Bonchev–Trinajstić information content (AvgIpc) is 2.94. The predicted molar refractivity (Wildman–Crippen MR) is 138 cm³/mol. The van der Waals surface area contributed by atoms with Gasteiger partial charge in [-0.05, 0) is 54.8 Å². The summed E-state index contributed by atoms with van der Waals surface area (Å²) in [6.07, 6.45) is 1.63. The first-order valence-corrected chi connectivity index (χ1v) is 12.3. The number of hydrogen-bond donors (Lipinski definition) is 2. The van der Waals surface area contributed by atoms with Crippen LogP contribution in [0, 0.1) is 5.92 Å². The molecule has 0 radical (unpaired) electrons. The molecule has 3 heterocycles. The summed E-state index contributed by atoms with van der Waals surface area (Å²) < 4.78 is 5.43. The van der Waals surface area contributed by atoms with Crippen molar-refractivity contribution in [1.82, 2.24) is 15.5 Å². The fraction of sp³-hybridized carbons (Fsp3) is 0.370. The van der Waals surface area contributed by atoms with Gasteiger partial charge < -0.3 is 25.2 Å². The van der Waals surface area contributed by atoms with Crippen molar-refractivity contribution >= 4 is 28.9 Å². The molecule has 182 valence electrons. The fourth-order valence-corrected chi connectivity index (χ4v) is 4.59. The van der Waals surface area contributed by atoms with Crippen LogP contribution in [0.15, 0.2) is 66.7 Å². The molecule has 8 nitrogen and oxygen atoms in total. The van der Waals surface area contributed by atoms with Crippen molar-refractivity contribution in [2.75, 3.05) is 54.5 Å². The summed E-state index contributed by atoms with van der Waals surface area (Å²) in [7, 11) is 0. The largest absolute Gasteiger partial charge is 0.378 e. The number of carbonyl (C=O) groups is 1. The van der Waals surface area contributed by atoms with Crippen molar-refractivity contribution in [3.05, 3.63) is 72.3 Å². The topological polar surface area (TPSA) is 82.6 Å². The number of nitrogens with one attached hydrogen (secondary N) is 2. The molecule has 2 aromatic carbocycles. The molecule has 2 N–H and O–H groups in total. The highest BCUT2D eigenvalue weighted by molar-refractivity contribution is 5.79. The van der Waals surface area contributed by atoms with E-state index in [0.717, 1.165) is 69.3 Å². The molecule has 0 spiro atoms. The van der Waals surface area contributed by atoms with Crippen LogP contribution < -0.4 is 20.4 Å². The molecular formula is C27H32N6O2. The van der Waals surface area contributed by atoms with Gasteiger partial charge in [0.25, 0.3) is 0 Å². The van der Waals surface area contributed by atoms with Crippen molar-refractivity contribution in [2.24, 2.45) is 5.92 Å². The highest BCUT2D eigenvalue weighted by Gasteiger charge is 2.25. The van der Waals surface area contributed by atoms with Gasteiger partial charge in [-0.1, -0.05) is 30.3 Å². The van der Waals surface area contributed by atoms with Crippen LogP contribution in [-0.4, -0.2) is 55.5 Å². The van der Waals surface area contributed by atoms with Crippen molar-refractivity contribution < 1.29 is 9.53 Å². The number of nitrogens with zero attached hydrogens (tertiary/aromatic N) is 4. The van der Waals surface area contributed by atoms with E-state index in [4.69, 9.17) is 4.74 Å². The van der Waals surface area contributed by atoms with Gasteiger partial charge in [0, 0.05) is 50.0 Å². The maximum Gasteiger partial charge on any atom is 0.223 e. The Kier molecular flexibility index (Phi) is 7.38. The van der Waals surface area contributed by atoms with E-state index in [1.54, 1.807) is 0 Å². The Balaban J connectivity index is 1.09. The van der Waals surface area contributed by atoms with Crippen LogP contribution in [0.4, 0.5) is 23.0 Å². The van der Waals surface area contributed by atoms with Gasteiger partial charge in [0.15, 0.2) is 11.6 Å². The van der Waals surface area contributed by atoms with Gasteiger partial charge in [-0.15, -0.1) is 10.2 Å². The smallest absolute Gasteiger partial charge is 0.223 e. The van der Waals surface area contributed by atoms with E-state index in [-0.39, 0.29) is 11.8 Å². The van der Waals surface area contributed by atoms with Crippen molar-refractivity contribution in [3.8, 4) is 0 Å². The van der Waals surface area contributed by atoms with Crippen LogP contribution in [0.1, 0.15) is 18.4 Å². The molecule has 1 amide bonds. The second-order valence-corrected chi connectivity index (χ2v) is 9.01. The Labute approximate surface area is 206 Å². The van der Waals surface area contributed by atoms with E-state index < -0.39 is 0 Å². The summed E-state index contributed by atoms with van der Waals surface area (Å²) in [6, 6.07) is 22.3. The quantitative estimate of drug-likeness (QED) is 0.544. The summed E-state index contributed by atoms with van der Waals surface area (Å²) in [5, 5.41) is 15.2. The maximum atomic E-state index is 12.6. The lowest BCUT2D eigenvalue weighted by Gasteiger charge is -2.31. The highest BCUT2D eigenvalue weighted by atomic mass is 16.5. The van der Waals surface area contributed by atoms with Gasteiger partial charge in [0.1, 0.15) is 0 Å². The van der Waals surface area contributed by atoms with Gasteiger partial charge in [0.2, 0.25) is 5.91 Å². The van der Waals surface area contributed by atoms with E-state index in [1.807, 2.05) is 42.5 Å². The molecule has 0 atom stereocenters. The summed E-state index contributed by atoms with van der Waals surface area (Å²) >= 11 is 0. The summed E-state index contributed by atoms with van der Waals surface area (Å²) in [4.78, 5) is 17.1. The van der Waals surface area contributed by atoms with Gasteiger partial charge in [-0.3, -0.25) is 4.79 Å². The molecule has 8 heteroatoms. The number of aromatic nitrogens is 2. The Bertz CT molecular complexity index is 1080. The van der Waals surface area contributed by atoms with E-state index in [2.05, 4.69) is 54.9 Å². The zero-order valence-electron chi connectivity index (χ0n) is 19.9. The zero-order chi connectivity index (χ0) is 23.9. The summed E-state index contributed by atoms with van der Waals surface area (Å²) in [5.74, 6) is 1.74. The average molecular weight is 473 g/mol. The number of piperidine rings is 1. The van der Waals surface area contributed by atoms with Crippen molar-refractivity contribution in [2.45, 2.75) is 19.4 Å². The second-order valence-electron chi connectivity index (χ2n) is 9.01. The lowest BCUT2D eigenvalue weighted by Crippen LogP contribution is -2.40. The van der Waals surface area contributed by atoms with Gasteiger partial charge in [-0.2, -0.15) is 0 Å². The monoisotopic (exact) mass is 472 g/mol. The number of anilines is 4. The predicted octanol–water partition coefficient (Wildman–Crippen LogP) is 3.59. The van der Waals surface area contributed by atoms with Crippen LogP contribution in [0.3, 0.4) is 0 Å². The molecule has 3 aromatic rings. The molecular weight excluding hydrogens is 440 g/mol. The number of amides is 1. The van der Waals surface area contributed by atoms with Crippen LogP contribution in [0.5, 0.6) is 0 Å².